The summed E-state index contributed by atoms with van der Waals surface area (Å²) in [7, 11) is 0. The Labute approximate surface area is 168 Å². The molecule has 2 aromatic rings. The molecule has 3 heterocycles. The molecule has 1 fully saturated rings. The van der Waals surface area contributed by atoms with Crippen molar-refractivity contribution in [1.29, 1.82) is 0 Å². The van der Waals surface area contributed by atoms with Gasteiger partial charge in [-0.1, -0.05) is 17.7 Å². The van der Waals surface area contributed by atoms with Gasteiger partial charge in [0.1, 0.15) is 0 Å². The zero-order chi connectivity index (χ0) is 19.1. The normalized spacial score (nSPS) is 19.8. The van der Waals surface area contributed by atoms with Gasteiger partial charge in [-0.05, 0) is 35.9 Å². The van der Waals surface area contributed by atoms with E-state index in [4.69, 9.17) is 21.1 Å². The summed E-state index contributed by atoms with van der Waals surface area (Å²) >= 11 is 6.11. The van der Waals surface area contributed by atoms with E-state index >= 15 is 0 Å². The van der Waals surface area contributed by atoms with Gasteiger partial charge in [0.2, 0.25) is 6.79 Å². The lowest BCUT2D eigenvalue weighted by Gasteiger charge is -2.34. The third-order valence-corrected chi connectivity index (χ3v) is 5.56. The summed E-state index contributed by atoms with van der Waals surface area (Å²) in [6.45, 7) is 4.78. The van der Waals surface area contributed by atoms with Gasteiger partial charge in [0, 0.05) is 55.2 Å². The first kappa shape index (κ1) is 17.4. The smallest absolute Gasteiger partial charge is 0.257 e. The van der Waals surface area contributed by atoms with Gasteiger partial charge in [-0.3, -0.25) is 9.69 Å². The van der Waals surface area contributed by atoms with Crippen molar-refractivity contribution < 1.29 is 14.3 Å². The van der Waals surface area contributed by atoms with E-state index in [9.17, 15) is 4.79 Å². The molecule has 1 N–H and O–H groups in total. The fraction of sp³-hybridized carbons (Fsp3) is 0.286. The predicted octanol–water partition coefficient (Wildman–Crippen LogP) is 3.18. The molecule has 0 saturated carbocycles. The van der Waals surface area contributed by atoms with E-state index in [1.807, 2.05) is 24.4 Å². The number of piperazine rings is 1. The van der Waals surface area contributed by atoms with E-state index in [1.165, 1.54) is 5.56 Å². The van der Waals surface area contributed by atoms with Crippen molar-refractivity contribution in [3.8, 4) is 11.5 Å². The quantitative estimate of drug-likeness (QED) is 0.806. The highest BCUT2D eigenvalue weighted by atomic mass is 35.5. The predicted molar refractivity (Wildman–Crippen MR) is 107 cm³/mol. The Balaban J connectivity index is 1.24. The Morgan fingerprint density at radius 1 is 1.04 bits per heavy atom. The summed E-state index contributed by atoms with van der Waals surface area (Å²) in [5, 5.41) is 3.54. The molecule has 3 aliphatic heterocycles. The molecule has 5 rings (SSSR count). The minimum Gasteiger partial charge on any atom is -0.454 e. The van der Waals surface area contributed by atoms with Gasteiger partial charge in [0.15, 0.2) is 11.5 Å². The van der Waals surface area contributed by atoms with Crippen LogP contribution >= 0.6 is 11.6 Å². The van der Waals surface area contributed by atoms with Crippen molar-refractivity contribution in [3.05, 3.63) is 58.7 Å². The van der Waals surface area contributed by atoms with Crippen LogP contribution in [0.4, 0.5) is 5.69 Å². The molecule has 0 bridgehead atoms. The van der Waals surface area contributed by atoms with Crippen LogP contribution in [0.15, 0.2) is 42.6 Å². The topological polar surface area (TPSA) is 54.0 Å². The summed E-state index contributed by atoms with van der Waals surface area (Å²) in [5.41, 5.74) is 3.60. The average Bonchev–Trinajstić information content (AvgIpc) is 3.27. The van der Waals surface area contributed by atoms with Crippen LogP contribution in [0.25, 0.3) is 5.57 Å². The molecule has 0 spiro atoms. The van der Waals surface area contributed by atoms with Gasteiger partial charge in [-0.15, -0.1) is 0 Å². The Hall–Kier alpha value is -2.70. The largest absolute Gasteiger partial charge is 0.454 e. The van der Waals surface area contributed by atoms with Crippen LogP contribution in [-0.4, -0.2) is 48.7 Å². The lowest BCUT2D eigenvalue weighted by Crippen LogP contribution is -2.43. The zero-order valence-electron chi connectivity index (χ0n) is 15.3. The number of amides is 1. The van der Waals surface area contributed by atoms with Crippen molar-refractivity contribution in [3.63, 3.8) is 0 Å². The van der Waals surface area contributed by atoms with Gasteiger partial charge < -0.3 is 19.7 Å². The SMILES string of the molecule is O=C1Nc2ccc(Cl)cc2/C1=C\N1CCN(Cc2ccc3c(c2)OCO3)CC1. The molecule has 0 aromatic heterocycles. The molecule has 0 atom stereocenters. The van der Waals surface area contributed by atoms with Crippen LogP contribution in [0.2, 0.25) is 5.02 Å². The Morgan fingerprint density at radius 2 is 1.86 bits per heavy atom. The number of fused-ring (bicyclic) bond motifs is 2. The van der Waals surface area contributed by atoms with Crippen LogP contribution in [0.1, 0.15) is 11.1 Å². The molecule has 1 saturated heterocycles. The minimum atomic E-state index is -0.0694. The number of benzene rings is 2. The first-order valence-electron chi connectivity index (χ1n) is 9.34. The molecule has 144 valence electrons. The van der Waals surface area contributed by atoms with Gasteiger partial charge in [-0.2, -0.15) is 0 Å². The molecule has 0 aliphatic carbocycles. The maximum absolute atomic E-state index is 12.3. The van der Waals surface area contributed by atoms with E-state index in [1.54, 1.807) is 6.07 Å². The molecular weight excluding hydrogens is 378 g/mol. The van der Waals surface area contributed by atoms with Crippen molar-refractivity contribution in [2.45, 2.75) is 6.54 Å². The lowest BCUT2D eigenvalue weighted by atomic mass is 10.1. The average molecular weight is 398 g/mol. The highest BCUT2D eigenvalue weighted by Gasteiger charge is 2.26. The number of carbonyl (C=O) groups excluding carboxylic acids is 1. The van der Waals surface area contributed by atoms with Gasteiger partial charge in [0.25, 0.3) is 5.91 Å². The third kappa shape index (κ3) is 3.30. The van der Waals surface area contributed by atoms with Crippen molar-refractivity contribution in [2.75, 3.05) is 38.3 Å². The number of hydrogen-bond donors (Lipinski definition) is 1. The Bertz CT molecular complexity index is 967. The molecule has 7 heteroatoms. The number of halogens is 1. The van der Waals surface area contributed by atoms with Crippen LogP contribution in [0.5, 0.6) is 11.5 Å². The van der Waals surface area contributed by atoms with E-state index in [0.717, 1.165) is 55.5 Å². The summed E-state index contributed by atoms with van der Waals surface area (Å²) < 4.78 is 10.8. The second-order valence-corrected chi connectivity index (χ2v) is 7.62. The second kappa shape index (κ2) is 7.04. The van der Waals surface area contributed by atoms with E-state index in [0.29, 0.717) is 17.4 Å². The van der Waals surface area contributed by atoms with Gasteiger partial charge >= 0.3 is 0 Å². The summed E-state index contributed by atoms with van der Waals surface area (Å²) in [6.07, 6.45) is 1.97. The van der Waals surface area contributed by atoms with E-state index in [-0.39, 0.29) is 5.91 Å². The fourth-order valence-electron chi connectivity index (χ4n) is 3.82. The molecule has 1 amide bonds. The monoisotopic (exact) mass is 397 g/mol. The molecule has 2 aromatic carbocycles. The maximum Gasteiger partial charge on any atom is 0.257 e. The molecule has 0 unspecified atom stereocenters. The van der Waals surface area contributed by atoms with Crippen LogP contribution in [0, 0.1) is 0 Å². The Morgan fingerprint density at radius 3 is 2.71 bits per heavy atom. The van der Waals surface area contributed by atoms with Gasteiger partial charge in [-0.25, -0.2) is 0 Å². The number of carbonyl (C=O) groups is 1. The molecule has 3 aliphatic rings. The highest BCUT2D eigenvalue weighted by molar-refractivity contribution is 6.34. The van der Waals surface area contributed by atoms with Crippen molar-refractivity contribution in [1.82, 2.24) is 9.80 Å². The van der Waals surface area contributed by atoms with Crippen LogP contribution < -0.4 is 14.8 Å². The van der Waals surface area contributed by atoms with Crippen LogP contribution in [-0.2, 0) is 11.3 Å². The van der Waals surface area contributed by atoms with Gasteiger partial charge in [0.05, 0.1) is 5.57 Å². The number of rotatable bonds is 3. The second-order valence-electron chi connectivity index (χ2n) is 7.19. The van der Waals surface area contributed by atoms with Crippen molar-refractivity contribution in [2.24, 2.45) is 0 Å². The van der Waals surface area contributed by atoms with Crippen LogP contribution in [0.3, 0.4) is 0 Å². The third-order valence-electron chi connectivity index (χ3n) is 5.33. The number of ether oxygens (including phenoxy) is 2. The molecular formula is C21H20ClN3O3. The van der Waals surface area contributed by atoms with E-state index in [2.05, 4.69) is 27.2 Å². The summed E-state index contributed by atoms with van der Waals surface area (Å²) in [5.74, 6) is 1.57. The fourth-order valence-corrected chi connectivity index (χ4v) is 3.99. The Kier molecular flexibility index (Phi) is 4.37. The molecule has 0 radical (unpaired) electrons. The standard InChI is InChI=1S/C21H20ClN3O3/c22-15-2-3-18-16(10-15)17(21(26)23-18)12-25-7-5-24(6-8-25)11-14-1-4-19-20(9-14)28-13-27-19/h1-4,9-10,12H,5-8,11,13H2,(H,23,26)/b17-12+. The first-order chi connectivity index (χ1) is 13.7. The maximum atomic E-state index is 12.3. The summed E-state index contributed by atoms with van der Waals surface area (Å²) in [6, 6.07) is 11.6. The zero-order valence-corrected chi connectivity index (χ0v) is 16.0. The molecule has 28 heavy (non-hydrogen) atoms. The number of anilines is 1. The van der Waals surface area contributed by atoms with E-state index < -0.39 is 0 Å². The number of nitrogens with zero attached hydrogens (tertiary/aromatic N) is 2. The molecule has 6 nitrogen and oxygen atoms in total. The lowest BCUT2D eigenvalue weighted by molar-refractivity contribution is -0.110. The summed E-state index contributed by atoms with van der Waals surface area (Å²) in [4.78, 5) is 17.0. The highest BCUT2D eigenvalue weighted by Crippen LogP contribution is 2.34. The first-order valence-corrected chi connectivity index (χ1v) is 9.71. The number of nitrogens with one attached hydrogen (secondary N) is 1. The minimum absolute atomic E-state index is 0.0694. The number of hydrogen-bond acceptors (Lipinski definition) is 5. The van der Waals surface area contributed by atoms with Crippen molar-refractivity contribution >= 4 is 28.8 Å².